The summed E-state index contributed by atoms with van der Waals surface area (Å²) in [5.74, 6) is -0.718. The first-order valence-electron chi connectivity index (χ1n) is 7.71. The molecule has 2 aliphatic rings. The average molecular weight is 352 g/mol. The van der Waals surface area contributed by atoms with Gasteiger partial charge < -0.3 is 15.8 Å². The highest BCUT2D eigenvalue weighted by molar-refractivity contribution is 6.13. The number of aryl methyl sites for hydroxylation is 1. The maximum Gasteiger partial charge on any atom is 0.269 e. The minimum atomic E-state index is -1.65. The third kappa shape index (κ3) is 1.68. The summed E-state index contributed by atoms with van der Waals surface area (Å²) in [5.41, 5.74) is 5.49. The number of nitriles is 1. The third-order valence-corrected chi connectivity index (χ3v) is 4.68. The first-order valence-corrected chi connectivity index (χ1v) is 7.71. The first-order chi connectivity index (χ1) is 12.4. The van der Waals surface area contributed by atoms with Crippen LogP contribution in [0.4, 0.5) is 11.4 Å². The van der Waals surface area contributed by atoms with Crippen molar-refractivity contribution >= 4 is 17.3 Å². The lowest BCUT2D eigenvalue weighted by Crippen LogP contribution is -2.42. The van der Waals surface area contributed by atoms with Gasteiger partial charge in [0.05, 0.1) is 10.5 Å². The smallest absolute Gasteiger partial charge is 0.269 e. The molecule has 1 aromatic carbocycles. The van der Waals surface area contributed by atoms with Crippen molar-refractivity contribution in [2.45, 2.75) is 18.8 Å². The van der Waals surface area contributed by atoms with Crippen molar-refractivity contribution in [1.82, 2.24) is 10.2 Å². The molecule has 130 valence electrons. The Morgan fingerprint density at radius 2 is 2.27 bits per heavy atom. The van der Waals surface area contributed by atoms with Crippen LogP contribution in [0.3, 0.4) is 0 Å². The van der Waals surface area contributed by atoms with E-state index in [0.717, 1.165) is 0 Å². The molecular weight excluding hydrogens is 340 g/mol. The van der Waals surface area contributed by atoms with Crippen LogP contribution in [0.25, 0.3) is 0 Å². The molecule has 0 unspecified atom stereocenters. The van der Waals surface area contributed by atoms with Crippen LogP contribution < -0.4 is 15.8 Å². The zero-order valence-corrected chi connectivity index (χ0v) is 13.5. The summed E-state index contributed by atoms with van der Waals surface area (Å²) in [6.45, 7) is 1.84. The van der Waals surface area contributed by atoms with Crippen molar-refractivity contribution in [3.8, 4) is 11.9 Å². The zero-order valence-electron chi connectivity index (χ0n) is 13.5. The van der Waals surface area contributed by atoms with E-state index in [9.17, 15) is 20.2 Å². The number of nitro groups is 1. The maximum atomic E-state index is 13.1. The molecule has 0 fully saturated rings. The Bertz CT molecular complexity index is 1060. The largest absolute Gasteiger partial charge is 0.420 e. The number of hydrogen-bond donors (Lipinski definition) is 3. The number of nitrogens with zero attached hydrogens (tertiary/aromatic N) is 3. The number of non-ortho nitro benzene ring substituents is 1. The van der Waals surface area contributed by atoms with Crippen LogP contribution in [0.15, 0.2) is 29.7 Å². The highest BCUT2D eigenvalue weighted by Crippen LogP contribution is 2.54. The van der Waals surface area contributed by atoms with Gasteiger partial charge in [-0.25, -0.2) is 0 Å². The first kappa shape index (κ1) is 15.6. The summed E-state index contributed by atoms with van der Waals surface area (Å²) in [7, 11) is 0. The summed E-state index contributed by atoms with van der Waals surface area (Å²) >= 11 is 0. The van der Waals surface area contributed by atoms with Gasteiger partial charge in [-0.3, -0.25) is 20.0 Å². The van der Waals surface area contributed by atoms with Crippen molar-refractivity contribution < 1.29 is 14.5 Å². The standard InChI is InChI=1S/C16H12N6O4/c1-2-10-12-14(21-20-10)26-13(18)9(6-17)16(12)8-5-7(22(24)25)3-4-11(8)19-15(16)23/h3-5H,2,18H2,1H3,(H,19,23)(H,20,21)/t16-/m1/s1. The Labute approximate surface area is 146 Å². The van der Waals surface area contributed by atoms with Gasteiger partial charge in [0.15, 0.2) is 0 Å². The van der Waals surface area contributed by atoms with E-state index < -0.39 is 16.2 Å². The number of H-pyrrole nitrogens is 1. The fraction of sp³-hybridized carbons (Fsp3) is 0.188. The lowest BCUT2D eigenvalue weighted by molar-refractivity contribution is -0.384. The second-order valence-electron chi connectivity index (χ2n) is 5.88. The molecule has 0 saturated carbocycles. The summed E-state index contributed by atoms with van der Waals surface area (Å²) in [5, 5.41) is 30.5. The van der Waals surface area contributed by atoms with Gasteiger partial charge in [0.1, 0.15) is 17.1 Å². The van der Waals surface area contributed by atoms with E-state index in [-0.39, 0.29) is 28.6 Å². The van der Waals surface area contributed by atoms with Gasteiger partial charge in [0.25, 0.3) is 5.69 Å². The molecule has 3 heterocycles. The van der Waals surface area contributed by atoms with Gasteiger partial charge in [0.2, 0.25) is 17.7 Å². The van der Waals surface area contributed by atoms with Crippen LogP contribution in [-0.4, -0.2) is 21.0 Å². The minimum Gasteiger partial charge on any atom is -0.420 e. The molecule has 1 spiro atoms. The van der Waals surface area contributed by atoms with Crippen LogP contribution >= 0.6 is 0 Å². The molecule has 2 aromatic rings. The summed E-state index contributed by atoms with van der Waals surface area (Å²) in [6.07, 6.45) is 0.476. The van der Waals surface area contributed by atoms with E-state index in [2.05, 4.69) is 15.5 Å². The van der Waals surface area contributed by atoms with Crippen molar-refractivity contribution in [3.63, 3.8) is 0 Å². The molecule has 4 rings (SSSR count). The van der Waals surface area contributed by atoms with Crippen molar-refractivity contribution in [3.05, 3.63) is 56.6 Å². The van der Waals surface area contributed by atoms with E-state index in [1.165, 1.54) is 18.2 Å². The number of nitrogens with two attached hydrogens (primary N) is 1. The SMILES string of the molecule is CCc1[nH]nc2c1[C@]1(C(=O)Nc3ccc([N+](=O)[O-])cc31)C(C#N)=C(N)O2. The van der Waals surface area contributed by atoms with Crippen LogP contribution in [0.5, 0.6) is 5.88 Å². The Morgan fingerprint density at radius 1 is 1.50 bits per heavy atom. The van der Waals surface area contributed by atoms with Crippen LogP contribution in [-0.2, 0) is 16.6 Å². The Kier molecular flexibility index (Phi) is 3.05. The van der Waals surface area contributed by atoms with Crippen molar-refractivity contribution in [1.29, 1.82) is 5.26 Å². The molecule has 0 bridgehead atoms. The van der Waals surface area contributed by atoms with Crippen LogP contribution in [0.1, 0.15) is 23.7 Å². The van der Waals surface area contributed by atoms with Crippen LogP contribution in [0, 0.1) is 21.4 Å². The highest BCUT2D eigenvalue weighted by atomic mass is 16.6. The minimum absolute atomic E-state index is 0.0767. The number of benzene rings is 1. The summed E-state index contributed by atoms with van der Waals surface area (Å²) < 4.78 is 5.42. The van der Waals surface area contributed by atoms with Crippen molar-refractivity contribution in [2.75, 3.05) is 5.32 Å². The monoisotopic (exact) mass is 352 g/mol. The average Bonchev–Trinajstić information content (AvgIpc) is 3.14. The summed E-state index contributed by atoms with van der Waals surface area (Å²) in [4.78, 5) is 23.8. The number of fused-ring (bicyclic) bond motifs is 4. The van der Waals surface area contributed by atoms with Crippen LogP contribution in [0.2, 0.25) is 0 Å². The highest BCUT2D eigenvalue weighted by Gasteiger charge is 2.58. The van der Waals surface area contributed by atoms with Gasteiger partial charge in [0, 0.05) is 29.1 Å². The molecule has 1 amide bonds. The number of aromatic nitrogens is 2. The number of carbonyl (C=O) groups excluding carboxylic acids is 1. The molecule has 10 nitrogen and oxygen atoms in total. The Balaban J connectivity index is 2.15. The van der Waals surface area contributed by atoms with E-state index in [0.29, 0.717) is 23.4 Å². The second-order valence-corrected chi connectivity index (χ2v) is 5.88. The number of nitrogens with one attached hydrogen (secondary N) is 2. The lowest BCUT2D eigenvalue weighted by atomic mass is 9.68. The number of nitro benzene ring substituents is 1. The van der Waals surface area contributed by atoms with Gasteiger partial charge in [-0.15, -0.1) is 5.10 Å². The zero-order chi connectivity index (χ0) is 18.6. The lowest BCUT2D eigenvalue weighted by Gasteiger charge is -2.31. The molecule has 10 heteroatoms. The molecule has 0 saturated heterocycles. The van der Waals surface area contributed by atoms with Gasteiger partial charge in [-0.2, -0.15) is 5.26 Å². The molecule has 0 radical (unpaired) electrons. The van der Waals surface area contributed by atoms with E-state index in [1.807, 2.05) is 13.0 Å². The topological polar surface area (TPSA) is 160 Å². The normalized spacial score (nSPS) is 20.2. The molecule has 1 aromatic heterocycles. The van der Waals surface area contributed by atoms with E-state index in [1.54, 1.807) is 0 Å². The predicted molar refractivity (Wildman–Crippen MR) is 87.9 cm³/mol. The van der Waals surface area contributed by atoms with Gasteiger partial charge in [-0.1, -0.05) is 6.92 Å². The number of anilines is 1. The van der Waals surface area contributed by atoms with Gasteiger partial charge >= 0.3 is 0 Å². The summed E-state index contributed by atoms with van der Waals surface area (Å²) in [6, 6.07) is 5.94. The second kappa shape index (κ2) is 5.06. The predicted octanol–water partition coefficient (Wildman–Crippen LogP) is 1.20. The molecule has 2 aliphatic heterocycles. The number of aromatic amines is 1. The maximum absolute atomic E-state index is 13.1. The fourth-order valence-electron chi connectivity index (χ4n) is 3.58. The number of amides is 1. The number of ether oxygens (including phenoxy) is 1. The quantitative estimate of drug-likeness (QED) is 0.540. The molecule has 1 atom stereocenters. The third-order valence-electron chi connectivity index (χ3n) is 4.68. The van der Waals surface area contributed by atoms with E-state index >= 15 is 0 Å². The number of hydrogen-bond acceptors (Lipinski definition) is 7. The van der Waals surface area contributed by atoms with Crippen molar-refractivity contribution in [2.24, 2.45) is 5.73 Å². The Hall–Kier alpha value is -3.87. The fourth-order valence-corrected chi connectivity index (χ4v) is 3.58. The molecule has 0 aliphatic carbocycles. The van der Waals surface area contributed by atoms with E-state index in [4.69, 9.17) is 10.5 Å². The number of carbonyl (C=O) groups is 1. The molecule has 26 heavy (non-hydrogen) atoms. The van der Waals surface area contributed by atoms with Gasteiger partial charge in [-0.05, 0) is 12.5 Å². The Morgan fingerprint density at radius 3 is 2.92 bits per heavy atom. The molecular formula is C16H12N6O4. The molecule has 4 N–H and O–H groups in total. The number of rotatable bonds is 2.